The molecule has 1 atom stereocenters. The molecule has 2 fully saturated rings. The van der Waals surface area contributed by atoms with E-state index in [-0.39, 0.29) is 11.3 Å². The Balaban J connectivity index is 1.50. The van der Waals surface area contributed by atoms with Crippen molar-refractivity contribution in [3.05, 3.63) is 95.1 Å². The highest BCUT2D eigenvalue weighted by molar-refractivity contribution is 6.46. The molecule has 2 aliphatic heterocycles. The summed E-state index contributed by atoms with van der Waals surface area (Å²) in [4.78, 5) is 30.7. The molecule has 3 aromatic carbocycles. The van der Waals surface area contributed by atoms with E-state index in [1.807, 2.05) is 43.3 Å². The summed E-state index contributed by atoms with van der Waals surface area (Å²) in [5, 5.41) is 11.4. The first-order valence-corrected chi connectivity index (χ1v) is 14.2. The van der Waals surface area contributed by atoms with E-state index in [0.717, 1.165) is 18.7 Å². The van der Waals surface area contributed by atoms with Gasteiger partial charge in [-0.05, 0) is 54.4 Å². The van der Waals surface area contributed by atoms with E-state index in [9.17, 15) is 14.7 Å². The summed E-state index contributed by atoms with van der Waals surface area (Å²) in [5.74, 6) is 0.0250. The Kier molecular flexibility index (Phi) is 9.41. The molecule has 220 valence electrons. The molecule has 3 aromatic rings. The Morgan fingerprint density at radius 1 is 0.929 bits per heavy atom. The third-order valence-electron chi connectivity index (χ3n) is 7.48. The van der Waals surface area contributed by atoms with Crippen LogP contribution in [-0.4, -0.2) is 79.7 Å². The lowest BCUT2D eigenvalue weighted by molar-refractivity contribution is -0.140. The van der Waals surface area contributed by atoms with Crippen LogP contribution < -0.4 is 14.2 Å². The van der Waals surface area contributed by atoms with Crippen LogP contribution in [0.15, 0.2) is 78.4 Å². The highest BCUT2D eigenvalue weighted by Gasteiger charge is 2.46. The van der Waals surface area contributed by atoms with Gasteiger partial charge in [-0.15, -0.1) is 0 Å². The van der Waals surface area contributed by atoms with Crippen LogP contribution in [0, 0.1) is 0 Å². The molecule has 9 heteroatoms. The van der Waals surface area contributed by atoms with Gasteiger partial charge >= 0.3 is 0 Å². The number of likely N-dealkylation sites (tertiary alicyclic amines) is 1. The second-order valence-electron chi connectivity index (χ2n) is 10.1. The fourth-order valence-electron chi connectivity index (χ4n) is 5.27. The smallest absolute Gasteiger partial charge is 0.295 e. The van der Waals surface area contributed by atoms with Gasteiger partial charge in [0.15, 0.2) is 11.5 Å². The summed E-state index contributed by atoms with van der Waals surface area (Å²) in [6.07, 6.45) is 0. The molecule has 0 saturated carbocycles. The molecule has 42 heavy (non-hydrogen) atoms. The lowest BCUT2D eigenvalue weighted by Crippen LogP contribution is -2.42. The average Bonchev–Trinajstić information content (AvgIpc) is 3.29. The first kappa shape index (κ1) is 29.2. The van der Waals surface area contributed by atoms with Crippen molar-refractivity contribution >= 4 is 17.4 Å². The summed E-state index contributed by atoms with van der Waals surface area (Å²) in [7, 11) is 1.55. The number of ketones is 1. The molecule has 0 bridgehead atoms. The molecule has 9 nitrogen and oxygen atoms in total. The minimum Gasteiger partial charge on any atom is -0.507 e. The molecule has 0 radical (unpaired) electrons. The van der Waals surface area contributed by atoms with Crippen molar-refractivity contribution in [2.75, 3.05) is 53.1 Å². The van der Waals surface area contributed by atoms with Crippen molar-refractivity contribution < 1.29 is 33.6 Å². The Morgan fingerprint density at radius 2 is 1.67 bits per heavy atom. The number of amides is 1. The van der Waals surface area contributed by atoms with E-state index in [2.05, 4.69) is 4.90 Å². The minimum atomic E-state index is -0.810. The number of benzene rings is 3. The molecular weight excluding hydrogens is 536 g/mol. The van der Waals surface area contributed by atoms with Gasteiger partial charge in [-0.2, -0.15) is 0 Å². The lowest BCUT2D eigenvalue weighted by Gasteiger charge is -2.31. The molecule has 2 heterocycles. The standard InChI is InChI=1S/C33H36N2O7/c1-3-41-26-12-9-24(10-13-26)31(36)29-30(35(33(38)32(29)37)16-15-34-17-19-40-20-18-34)25-11-14-27(28(21-25)39-2)42-22-23-7-5-4-6-8-23/h4-14,21,30,36H,3,15-20,22H2,1-2H3/b31-29+. The van der Waals surface area contributed by atoms with Crippen LogP contribution in [0.1, 0.15) is 29.7 Å². The first-order chi connectivity index (χ1) is 20.5. The second kappa shape index (κ2) is 13.5. The van der Waals surface area contributed by atoms with Gasteiger partial charge in [0.1, 0.15) is 18.1 Å². The number of carbonyl (C=O) groups is 2. The SMILES string of the molecule is CCOc1ccc(/C(O)=C2\C(=O)C(=O)N(CCN3CCOCC3)C2c2ccc(OCc3ccccc3)c(OC)c2)cc1. The quantitative estimate of drug-likeness (QED) is 0.205. The maximum Gasteiger partial charge on any atom is 0.295 e. The van der Waals surface area contributed by atoms with Crippen LogP contribution in [0.5, 0.6) is 17.2 Å². The number of aliphatic hydroxyl groups is 1. The van der Waals surface area contributed by atoms with Crippen LogP contribution in [0.25, 0.3) is 5.76 Å². The predicted octanol–water partition coefficient (Wildman–Crippen LogP) is 4.43. The molecule has 0 aliphatic carbocycles. The van der Waals surface area contributed by atoms with Gasteiger partial charge < -0.3 is 29.0 Å². The van der Waals surface area contributed by atoms with Crippen molar-refractivity contribution in [2.45, 2.75) is 19.6 Å². The number of methoxy groups -OCH3 is 1. The average molecular weight is 573 g/mol. The summed E-state index contributed by atoms with van der Waals surface area (Å²) in [6.45, 7) is 6.39. The Hall–Kier alpha value is -4.34. The van der Waals surface area contributed by atoms with Crippen molar-refractivity contribution in [2.24, 2.45) is 0 Å². The summed E-state index contributed by atoms with van der Waals surface area (Å²) < 4.78 is 22.7. The van der Waals surface area contributed by atoms with Crippen LogP contribution in [-0.2, 0) is 20.9 Å². The van der Waals surface area contributed by atoms with Crippen molar-refractivity contribution in [1.82, 2.24) is 9.80 Å². The highest BCUT2D eigenvalue weighted by atomic mass is 16.5. The van der Waals surface area contributed by atoms with Crippen molar-refractivity contribution in [3.8, 4) is 17.2 Å². The maximum atomic E-state index is 13.5. The van der Waals surface area contributed by atoms with Gasteiger partial charge in [0.05, 0.1) is 38.5 Å². The number of aliphatic hydroxyl groups excluding tert-OH is 1. The number of carbonyl (C=O) groups excluding carboxylic acids is 2. The fourth-order valence-corrected chi connectivity index (χ4v) is 5.27. The largest absolute Gasteiger partial charge is 0.507 e. The number of morpholine rings is 1. The molecule has 2 aliphatic rings. The Labute approximate surface area is 245 Å². The van der Waals surface area contributed by atoms with Crippen LogP contribution in [0.3, 0.4) is 0 Å². The predicted molar refractivity (Wildman–Crippen MR) is 158 cm³/mol. The number of Topliss-reactive ketones (excluding diaryl/α,β-unsaturated/α-hetero) is 1. The molecule has 5 rings (SSSR count). The molecule has 2 saturated heterocycles. The van der Waals surface area contributed by atoms with E-state index in [1.165, 1.54) is 4.90 Å². The van der Waals surface area contributed by atoms with Gasteiger partial charge in [0.2, 0.25) is 0 Å². The number of hydrogen-bond donors (Lipinski definition) is 1. The maximum absolute atomic E-state index is 13.5. The number of hydrogen-bond acceptors (Lipinski definition) is 8. The van der Waals surface area contributed by atoms with Crippen molar-refractivity contribution in [3.63, 3.8) is 0 Å². The molecule has 1 unspecified atom stereocenters. The molecule has 1 N–H and O–H groups in total. The van der Waals surface area contributed by atoms with Gasteiger partial charge in [-0.1, -0.05) is 36.4 Å². The van der Waals surface area contributed by atoms with Crippen molar-refractivity contribution in [1.29, 1.82) is 0 Å². The third-order valence-corrected chi connectivity index (χ3v) is 7.48. The van der Waals surface area contributed by atoms with Crippen LogP contribution >= 0.6 is 0 Å². The first-order valence-electron chi connectivity index (χ1n) is 14.2. The lowest BCUT2D eigenvalue weighted by atomic mass is 9.95. The topological polar surface area (TPSA) is 97.8 Å². The van der Waals surface area contributed by atoms with Gasteiger partial charge in [0, 0.05) is 31.7 Å². The number of nitrogens with zero attached hydrogens (tertiary/aromatic N) is 2. The molecule has 0 aromatic heterocycles. The molecule has 1 amide bonds. The normalized spacial score (nSPS) is 18.7. The van der Waals surface area contributed by atoms with Crippen LogP contribution in [0.2, 0.25) is 0 Å². The zero-order valence-electron chi connectivity index (χ0n) is 24.0. The summed E-state index contributed by atoms with van der Waals surface area (Å²) in [5.41, 5.74) is 2.10. The summed E-state index contributed by atoms with van der Waals surface area (Å²) >= 11 is 0. The van der Waals surface area contributed by atoms with Gasteiger partial charge in [-0.3, -0.25) is 14.5 Å². The number of ether oxygens (including phenoxy) is 4. The summed E-state index contributed by atoms with van der Waals surface area (Å²) in [6, 6.07) is 21.1. The van der Waals surface area contributed by atoms with E-state index >= 15 is 0 Å². The third kappa shape index (κ3) is 6.42. The van der Waals surface area contributed by atoms with Crippen LogP contribution in [0.4, 0.5) is 0 Å². The zero-order chi connectivity index (χ0) is 29.5. The van der Waals surface area contributed by atoms with E-state index in [1.54, 1.807) is 43.5 Å². The Morgan fingerprint density at radius 3 is 2.36 bits per heavy atom. The zero-order valence-corrected chi connectivity index (χ0v) is 24.0. The molecular formula is C33H36N2O7. The Bertz CT molecular complexity index is 1420. The van der Waals surface area contributed by atoms with Gasteiger partial charge in [-0.25, -0.2) is 0 Å². The fraction of sp³-hybridized carbons (Fsp3) is 0.333. The van der Waals surface area contributed by atoms with E-state index in [4.69, 9.17) is 18.9 Å². The van der Waals surface area contributed by atoms with Gasteiger partial charge in [0.25, 0.3) is 11.7 Å². The highest BCUT2D eigenvalue weighted by Crippen LogP contribution is 2.42. The second-order valence-corrected chi connectivity index (χ2v) is 10.1. The minimum absolute atomic E-state index is 0.0335. The molecule has 0 spiro atoms. The van der Waals surface area contributed by atoms with E-state index in [0.29, 0.717) is 67.9 Å². The van der Waals surface area contributed by atoms with E-state index < -0.39 is 17.7 Å². The number of rotatable bonds is 11. The monoisotopic (exact) mass is 572 g/mol.